The first kappa shape index (κ1) is 10.2. The zero-order chi connectivity index (χ0) is 10.4. The number of rotatable bonds is 4. The number of ether oxygens (including phenoxy) is 1. The fraction of sp³-hybridized carbons (Fsp3) is 0.250. The summed E-state index contributed by atoms with van der Waals surface area (Å²) in [6, 6.07) is 4.37. The molecule has 76 valence electrons. The molecule has 1 heterocycles. The summed E-state index contributed by atoms with van der Waals surface area (Å²) >= 11 is 0. The number of anilines is 1. The molecule has 0 aliphatic carbocycles. The van der Waals surface area contributed by atoms with Gasteiger partial charge in [-0.15, -0.1) is 0 Å². The van der Waals surface area contributed by atoms with Crippen LogP contribution in [0.5, 0.6) is 0 Å². The standard InChI is InChI=1S/C8H10FN3O2/c9-6-2-1-3-7(12-6)11-4-5-14-8(10)13/h1-3H,4-5H2,(H2,10,13)(H,11,12). The Bertz CT molecular complexity index is 319. The van der Waals surface area contributed by atoms with Crippen molar-refractivity contribution in [3.05, 3.63) is 24.1 Å². The Hall–Kier alpha value is -1.85. The van der Waals surface area contributed by atoms with E-state index in [0.29, 0.717) is 12.4 Å². The van der Waals surface area contributed by atoms with Crippen molar-refractivity contribution in [3.8, 4) is 0 Å². The quantitative estimate of drug-likeness (QED) is 0.553. The monoisotopic (exact) mass is 199 g/mol. The number of halogens is 1. The van der Waals surface area contributed by atoms with Gasteiger partial charge in [0.1, 0.15) is 12.4 Å². The molecule has 0 unspecified atom stereocenters. The van der Waals surface area contributed by atoms with Crippen LogP contribution in [-0.4, -0.2) is 24.2 Å². The van der Waals surface area contributed by atoms with Crippen molar-refractivity contribution in [2.24, 2.45) is 5.73 Å². The van der Waals surface area contributed by atoms with Gasteiger partial charge in [-0.3, -0.25) is 0 Å². The summed E-state index contributed by atoms with van der Waals surface area (Å²) in [6.07, 6.45) is -0.834. The van der Waals surface area contributed by atoms with Gasteiger partial charge in [-0.1, -0.05) is 6.07 Å². The zero-order valence-corrected chi connectivity index (χ0v) is 7.37. The topological polar surface area (TPSA) is 77.2 Å². The van der Waals surface area contributed by atoms with E-state index in [-0.39, 0.29) is 6.61 Å². The molecule has 0 saturated heterocycles. The molecule has 6 heteroatoms. The summed E-state index contributed by atoms with van der Waals surface area (Å²) in [6.45, 7) is 0.451. The normalized spacial score (nSPS) is 9.50. The highest BCUT2D eigenvalue weighted by Gasteiger charge is 1.96. The van der Waals surface area contributed by atoms with Crippen LogP contribution in [-0.2, 0) is 4.74 Å². The fourth-order valence-electron chi connectivity index (χ4n) is 0.837. The molecule has 5 nitrogen and oxygen atoms in total. The van der Waals surface area contributed by atoms with E-state index < -0.39 is 12.0 Å². The molecule has 0 saturated carbocycles. The van der Waals surface area contributed by atoms with E-state index in [1.54, 1.807) is 6.07 Å². The lowest BCUT2D eigenvalue weighted by molar-refractivity contribution is 0.161. The van der Waals surface area contributed by atoms with Crippen LogP contribution in [0.25, 0.3) is 0 Å². The first-order valence-electron chi connectivity index (χ1n) is 3.97. The van der Waals surface area contributed by atoms with Gasteiger partial charge in [0.25, 0.3) is 0 Å². The maximum Gasteiger partial charge on any atom is 0.404 e. The van der Waals surface area contributed by atoms with Gasteiger partial charge in [-0.2, -0.15) is 4.39 Å². The van der Waals surface area contributed by atoms with Gasteiger partial charge >= 0.3 is 6.09 Å². The minimum Gasteiger partial charge on any atom is -0.448 e. The van der Waals surface area contributed by atoms with E-state index in [4.69, 9.17) is 5.73 Å². The predicted octanol–water partition coefficient (Wildman–Crippen LogP) is 0.728. The summed E-state index contributed by atoms with van der Waals surface area (Å²) in [7, 11) is 0. The second kappa shape index (κ2) is 5.00. The van der Waals surface area contributed by atoms with E-state index in [0.717, 1.165) is 0 Å². The molecule has 1 amide bonds. The van der Waals surface area contributed by atoms with Gasteiger partial charge in [0.05, 0.1) is 6.54 Å². The molecule has 1 aromatic rings. The summed E-state index contributed by atoms with van der Waals surface area (Å²) in [5, 5.41) is 2.76. The number of hydrogen-bond acceptors (Lipinski definition) is 4. The summed E-state index contributed by atoms with van der Waals surface area (Å²) in [5.74, 6) is -0.177. The lowest BCUT2D eigenvalue weighted by Crippen LogP contribution is -2.18. The molecule has 0 bridgehead atoms. The van der Waals surface area contributed by atoms with Gasteiger partial charge in [0, 0.05) is 0 Å². The van der Waals surface area contributed by atoms with Crippen LogP contribution < -0.4 is 11.1 Å². The van der Waals surface area contributed by atoms with Crippen molar-refractivity contribution in [3.63, 3.8) is 0 Å². The Morgan fingerprint density at radius 2 is 2.43 bits per heavy atom. The highest BCUT2D eigenvalue weighted by molar-refractivity contribution is 5.64. The van der Waals surface area contributed by atoms with Crippen LogP contribution in [0.3, 0.4) is 0 Å². The van der Waals surface area contributed by atoms with Gasteiger partial charge in [-0.25, -0.2) is 9.78 Å². The van der Waals surface area contributed by atoms with Crippen LogP contribution in [0, 0.1) is 5.95 Å². The smallest absolute Gasteiger partial charge is 0.404 e. The Kier molecular flexibility index (Phi) is 3.66. The van der Waals surface area contributed by atoms with Gasteiger partial charge < -0.3 is 15.8 Å². The van der Waals surface area contributed by atoms with Crippen LogP contribution in [0.2, 0.25) is 0 Å². The number of pyridine rings is 1. The number of nitrogens with two attached hydrogens (primary N) is 1. The predicted molar refractivity (Wildman–Crippen MR) is 48.2 cm³/mol. The fourth-order valence-corrected chi connectivity index (χ4v) is 0.837. The highest BCUT2D eigenvalue weighted by Crippen LogP contribution is 2.02. The average molecular weight is 199 g/mol. The van der Waals surface area contributed by atoms with Gasteiger partial charge in [0.2, 0.25) is 5.95 Å². The molecule has 0 atom stereocenters. The lowest BCUT2D eigenvalue weighted by atomic mass is 10.4. The van der Waals surface area contributed by atoms with Gasteiger partial charge in [-0.05, 0) is 12.1 Å². The zero-order valence-electron chi connectivity index (χ0n) is 7.37. The minimum atomic E-state index is -0.834. The molecule has 0 aromatic carbocycles. The number of amides is 1. The third-order valence-corrected chi connectivity index (χ3v) is 1.37. The number of hydrogen-bond donors (Lipinski definition) is 2. The molecule has 0 spiro atoms. The van der Waals surface area contributed by atoms with Crippen LogP contribution in [0.1, 0.15) is 0 Å². The second-order valence-electron chi connectivity index (χ2n) is 2.44. The molecule has 0 aliphatic heterocycles. The number of aromatic nitrogens is 1. The first-order valence-corrected chi connectivity index (χ1v) is 3.97. The van der Waals surface area contributed by atoms with Crippen molar-refractivity contribution in [1.29, 1.82) is 0 Å². The Morgan fingerprint density at radius 3 is 3.07 bits per heavy atom. The maximum absolute atomic E-state index is 12.5. The number of nitrogens with one attached hydrogen (secondary N) is 1. The van der Waals surface area contributed by atoms with Crippen molar-refractivity contribution < 1.29 is 13.9 Å². The lowest BCUT2D eigenvalue weighted by Gasteiger charge is -2.04. The number of nitrogens with zero attached hydrogens (tertiary/aromatic N) is 1. The molecule has 1 aromatic heterocycles. The molecule has 1 rings (SSSR count). The Balaban J connectivity index is 2.28. The summed E-state index contributed by atoms with van der Waals surface area (Å²) < 4.78 is 17.0. The second-order valence-corrected chi connectivity index (χ2v) is 2.44. The molecule has 0 aliphatic rings. The Labute approximate surface area is 80.1 Å². The third-order valence-electron chi connectivity index (χ3n) is 1.37. The highest BCUT2D eigenvalue weighted by atomic mass is 19.1. The van der Waals surface area contributed by atoms with Crippen LogP contribution in [0.15, 0.2) is 18.2 Å². The van der Waals surface area contributed by atoms with E-state index in [9.17, 15) is 9.18 Å². The SMILES string of the molecule is NC(=O)OCCNc1cccc(F)n1. The number of primary amides is 1. The molecule has 3 N–H and O–H groups in total. The molecule has 0 radical (unpaired) electrons. The van der Waals surface area contributed by atoms with E-state index in [1.165, 1.54) is 12.1 Å². The van der Waals surface area contributed by atoms with Crippen LogP contribution in [0.4, 0.5) is 15.0 Å². The van der Waals surface area contributed by atoms with Crippen LogP contribution >= 0.6 is 0 Å². The molecule has 14 heavy (non-hydrogen) atoms. The van der Waals surface area contributed by atoms with Crippen molar-refractivity contribution in [2.75, 3.05) is 18.5 Å². The van der Waals surface area contributed by atoms with Gasteiger partial charge in [0.15, 0.2) is 0 Å². The molecular weight excluding hydrogens is 189 g/mol. The minimum absolute atomic E-state index is 0.119. The maximum atomic E-state index is 12.5. The van der Waals surface area contributed by atoms with Crippen molar-refractivity contribution in [1.82, 2.24) is 4.98 Å². The van der Waals surface area contributed by atoms with E-state index >= 15 is 0 Å². The van der Waals surface area contributed by atoms with E-state index in [2.05, 4.69) is 15.0 Å². The number of carbonyl (C=O) groups excluding carboxylic acids is 1. The first-order chi connectivity index (χ1) is 6.68. The van der Waals surface area contributed by atoms with Crippen molar-refractivity contribution in [2.45, 2.75) is 0 Å². The molecule has 0 fully saturated rings. The average Bonchev–Trinajstić information content (AvgIpc) is 2.12. The Morgan fingerprint density at radius 1 is 1.64 bits per heavy atom. The summed E-state index contributed by atoms with van der Waals surface area (Å²) in [5.41, 5.74) is 4.73. The van der Waals surface area contributed by atoms with Crippen molar-refractivity contribution >= 4 is 11.9 Å². The molecular formula is C8H10FN3O2. The van der Waals surface area contributed by atoms with E-state index in [1.807, 2.05) is 0 Å². The summed E-state index contributed by atoms with van der Waals surface area (Å²) in [4.78, 5) is 13.7. The third kappa shape index (κ3) is 3.70. The number of carbonyl (C=O) groups is 1. The largest absolute Gasteiger partial charge is 0.448 e.